The molecule has 2 aromatic rings. The second kappa shape index (κ2) is 8.37. The molecule has 3 rings (SSSR count). The van der Waals surface area contributed by atoms with Gasteiger partial charge in [-0.3, -0.25) is 4.79 Å². The first-order valence-corrected chi connectivity index (χ1v) is 9.44. The number of amides is 1. The van der Waals surface area contributed by atoms with Gasteiger partial charge < -0.3 is 15.1 Å². The van der Waals surface area contributed by atoms with Crippen LogP contribution in [0.1, 0.15) is 41.3 Å². The maximum Gasteiger partial charge on any atom is 0.251 e. The van der Waals surface area contributed by atoms with Crippen LogP contribution in [0.5, 0.6) is 0 Å². The predicted octanol–water partition coefficient (Wildman–Crippen LogP) is 3.49. The van der Waals surface area contributed by atoms with Gasteiger partial charge >= 0.3 is 0 Å². The third kappa shape index (κ3) is 4.44. The van der Waals surface area contributed by atoms with Crippen molar-refractivity contribution in [2.45, 2.75) is 26.3 Å². The van der Waals surface area contributed by atoms with Gasteiger partial charge in [0.15, 0.2) is 0 Å². The minimum atomic E-state index is -0.0199. The van der Waals surface area contributed by atoms with Crippen molar-refractivity contribution in [3.05, 3.63) is 65.2 Å². The SMILES string of the molecule is CC(C)c1ccc(C(=O)NCc2ccccc2N2CCN(C)CC2)cc1. The second-order valence-electron chi connectivity index (χ2n) is 7.38. The average Bonchev–Trinajstić information content (AvgIpc) is 2.67. The van der Waals surface area contributed by atoms with Crippen LogP contribution in [0.25, 0.3) is 0 Å². The highest BCUT2D eigenvalue weighted by molar-refractivity contribution is 5.94. The van der Waals surface area contributed by atoms with Crippen molar-refractivity contribution in [2.75, 3.05) is 38.1 Å². The molecule has 1 aliphatic rings. The molecule has 4 nitrogen and oxygen atoms in total. The number of para-hydroxylation sites is 1. The van der Waals surface area contributed by atoms with Crippen LogP contribution in [-0.4, -0.2) is 44.0 Å². The van der Waals surface area contributed by atoms with Crippen LogP contribution >= 0.6 is 0 Å². The number of benzene rings is 2. The number of rotatable bonds is 5. The maximum absolute atomic E-state index is 12.5. The Morgan fingerprint density at radius 2 is 1.65 bits per heavy atom. The average molecular weight is 351 g/mol. The summed E-state index contributed by atoms with van der Waals surface area (Å²) in [5.41, 5.74) is 4.37. The molecule has 1 amide bonds. The van der Waals surface area contributed by atoms with Gasteiger partial charge in [-0.2, -0.15) is 0 Å². The van der Waals surface area contributed by atoms with E-state index in [2.05, 4.69) is 54.2 Å². The number of hydrogen-bond donors (Lipinski definition) is 1. The van der Waals surface area contributed by atoms with Gasteiger partial charge in [0.05, 0.1) is 0 Å². The highest BCUT2D eigenvalue weighted by atomic mass is 16.1. The van der Waals surface area contributed by atoms with Crippen LogP contribution in [0.2, 0.25) is 0 Å². The molecule has 1 heterocycles. The zero-order chi connectivity index (χ0) is 18.5. The number of carbonyl (C=O) groups is 1. The zero-order valence-corrected chi connectivity index (χ0v) is 16.0. The molecule has 0 unspecified atom stereocenters. The molecule has 1 fully saturated rings. The summed E-state index contributed by atoms with van der Waals surface area (Å²) in [5.74, 6) is 0.455. The summed E-state index contributed by atoms with van der Waals surface area (Å²) in [6, 6.07) is 16.3. The summed E-state index contributed by atoms with van der Waals surface area (Å²) in [6.07, 6.45) is 0. The van der Waals surface area contributed by atoms with E-state index in [-0.39, 0.29) is 5.91 Å². The smallest absolute Gasteiger partial charge is 0.251 e. The van der Waals surface area contributed by atoms with Crippen LogP contribution in [-0.2, 0) is 6.54 Å². The number of nitrogens with zero attached hydrogens (tertiary/aromatic N) is 2. The van der Waals surface area contributed by atoms with Crippen molar-refractivity contribution < 1.29 is 4.79 Å². The Hall–Kier alpha value is -2.33. The van der Waals surface area contributed by atoms with Gasteiger partial charge in [-0.05, 0) is 42.3 Å². The van der Waals surface area contributed by atoms with E-state index in [1.54, 1.807) is 0 Å². The lowest BCUT2D eigenvalue weighted by Gasteiger charge is -2.35. The Balaban J connectivity index is 1.65. The fraction of sp³-hybridized carbons (Fsp3) is 0.409. The summed E-state index contributed by atoms with van der Waals surface area (Å²) in [4.78, 5) is 17.3. The van der Waals surface area contributed by atoms with E-state index in [1.807, 2.05) is 30.3 Å². The van der Waals surface area contributed by atoms with E-state index >= 15 is 0 Å². The summed E-state index contributed by atoms with van der Waals surface area (Å²) in [5, 5.41) is 3.08. The Morgan fingerprint density at radius 3 is 2.31 bits per heavy atom. The third-order valence-corrected chi connectivity index (χ3v) is 5.11. The van der Waals surface area contributed by atoms with Crippen molar-refractivity contribution in [2.24, 2.45) is 0 Å². The standard InChI is InChI=1S/C22H29N3O/c1-17(2)18-8-10-19(11-9-18)22(26)23-16-20-6-4-5-7-21(20)25-14-12-24(3)13-15-25/h4-11,17H,12-16H2,1-3H3,(H,23,26). The summed E-state index contributed by atoms with van der Waals surface area (Å²) in [7, 11) is 2.16. The fourth-order valence-corrected chi connectivity index (χ4v) is 3.31. The van der Waals surface area contributed by atoms with Crippen LogP contribution in [0.15, 0.2) is 48.5 Å². The largest absolute Gasteiger partial charge is 0.369 e. The lowest BCUT2D eigenvalue weighted by atomic mass is 10.0. The minimum absolute atomic E-state index is 0.0199. The molecule has 0 bridgehead atoms. The van der Waals surface area contributed by atoms with E-state index in [0.29, 0.717) is 18.0 Å². The van der Waals surface area contributed by atoms with Gasteiger partial charge in [0.1, 0.15) is 0 Å². The molecule has 2 aromatic carbocycles. The van der Waals surface area contributed by atoms with Crippen molar-refractivity contribution in [1.82, 2.24) is 10.2 Å². The molecule has 0 spiro atoms. The van der Waals surface area contributed by atoms with E-state index in [1.165, 1.54) is 16.8 Å². The van der Waals surface area contributed by atoms with Crippen molar-refractivity contribution >= 4 is 11.6 Å². The Labute approximate surface area is 156 Å². The molecule has 138 valence electrons. The van der Waals surface area contributed by atoms with Crippen LogP contribution < -0.4 is 10.2 Å². The predicted molar refractivity (Wildman–Crippen MR) is 108 cm³/mol. The van der Waals surface area contributed by atoms with Crippen LogP contribution in [0.4, 0.5) is 5.69 Å². The Kier molecular flexibility index (Phi) is 5.94. The molecule has 0 radical (unpaired) electrons. The highest BCUT2D eigenvalue weighted by Gasteiger charge is 2.17. The highest BCUT2D eigenvalue weighted by Crippen LogP contribution is 2.22. The van der Waals surface area contributed by atoms with Gasteiger partial charge in [-0.1, -0.05) is 44.2 Å². The lowest BCUT2D eigenvalue weighted by Crippen LogP contribution is -2.45. The van der Waals surface area contributed by atoms with E-state index in [4.69, 9.17) is 0 Å². The van der Waals surface area contributed by atoms with Gasteiger partial charge in [0.2, 0.25) is 0 Å². The number of likely N-dealkylation sites (N-methyl/N-ethyl adjacent to an activating group) is 1. The zero-order valence-electron chi connectivity index (χ0n) is 16.0. The first-order chi connectivity index (χ1) is 12.5. The minimum Gasteiger partial charge on any atom is -0.369 e. The van der Waals surface area contributed by atoms with Gasteiger partial charge in [-0.15, -0.1) is 0 Å². The van der Waals surface area contributed by atoms with E-state index in [0.717, 1.165) is 26.2 Å². The fourth-order valence-electron chi connectivity index (χ4n) is 3.31. The Bertz CT molecular complexity index is 731. The number of anilines is 1. The summed E-state index contributed by atoms with van der Waals surface area (Å²) < 4.78 is 0. The second-order valence-corrected chi connectivity index (χ2v) is 7.38. The van der Waals surface area contributed by atoms with Crippen molar-refractivity contribution in [1.29, 1.82) is 0 Å². The molecule has 1 N–H and O–H groups in total. The summed E-state index contributed by atoms with van der Waals surface area (Å²) in [6.45, 7) is 9.06. The number of carbonyl (C=O) groups excluding carboxylic acids is 1. The van der Waals surface area contributed by atoms with Gasteiger partial charge in [-0.25, -0.2) is 0 Å². The van der Waals surface area contributed by atoms with Gasteiger partial charge in [0.25, 0.3) is 5.91 Å². The first kappa shape index (κ1) is 18.5. The van der Waals surface area contributed by atoms with E-state index in [9.17, 15) is 4.79 Å². The van der Waals surface area contributed by atoms with Crippen LogP contribution in [0.3, 0.4) is 0 Å². The topological polar surface area (TPSA) is 35.6 Å². The quantitative estimate of drug-likeness (QED) is 0.896. The van der Waals surface area contributed by atoms with E-state index < -0.39 is 0 Å². The van der Waals surface area contributed by atoms with Crippen LogP contribution in [0, 0.1) is 0 Å². The molecule has 4 heteroatoms. The molecule has 26 heavy (non-hydrogen) atoms. The molecule has 0 aromatic heterocycles. The molecule has 0 atom stereocenters. The molecule has 1 saturated heterocycles. The molecular weight excluding hydrogens is 322 g/mol. The molecule has 0 saturated carbocycles. The van der Waals surface area contributed by atoms with Crippen molar-refractivity contribution in [3.8, 4) is 0 Å². The normalized spacial score (nSPS) is 15.3. The molecule has 0 aliphatic carbocycles. The third-order valence-electron chi connectivity index (χ3n) is 5.11. The van der Waals surface area contributed by atoms with Crippen molar-refractivity contribution in [3.63, 3.8) is 0 Å². The number of nitrogens with one attached hydrogen (secondary N) is 1. The molecule has 1 aliphatic heterocycles. The molecular formula is C22H29N3O. The number of hydrogen-bond acceptors (Lipinski definition) is 3. The lowest BCUT2D eigenvalue weighted by molar-refractivity contribution is 0.0951. The maximum atomic E-state index is 12.5. The summed E-state index contributed by atoms with van der Waals surface area (Å²) >= 11 is 0. The monoisotopic (exact) mass is 351 g/mol. The number of piperazine rings is 1. The van der Waals surface area contributed by atoms with Gasteiger partial charge in [0, 0.05) is 44.0 Å². The Morgan fingerprint density at radius 1 is 1.00 bits per heavy atom. The first-order valence-electron chi connectivity index (χ1n) is 9.44.